The number of rotatable bonds is 8. The summed E-state index contributed by atoms with van der Waals surface area (Å²) < 4.78 is 0. The second-order valence-electron chi connectivity index (χ2n) is 9.83. The van der Waals surface area contributed by atoms with E-state index < -0.39 is 0 Å². The SMILES string of the molecule is CNC[C@@H](Cc1ccccc1)N1CCN(CC2CCC(C)CC2)[C@H](C(C)C)C1. The molecule has 1 aliphatic heterocycles. The van der Waals surface area contributed by atoms with Gasteiger partial charge in [0.15, 0.2) is 0 Å². The molecule has 1 N–H and O–H groups in total. The van der Waals surface area contributed by atoms with E-state index in [2.05, 4.69) is 73.3 Å². The Morgan fingerprint density at radius 1 is 1.04 bits per heavy atom. The Kier molecular flexibility index (Phi) is 8.37. The van der Waals surface area contributed by atoms with Crippen molar-refractivity contribution in [3.63, 3.8) is 0 Å². The van der Waals surface area contributed by atoms with Crippen molar-refractivity contribution in [1.82, 2.24) is 15.1 Å². The van der Waals surface area contributed by atoms with Crippen LogP contribution in [0.15, 0.2) is 30.3 Å². The first kappa shape index (κ1) is 21.8. The van der Waals surface area contributed by atoms with Gasteiger partial charge in [0.25, 0.3) is 0 Å². The third kappa shape index (κ3) is 6.05. The van der Waals surface area contributed by atoms with Crippen LogP contribution in [0.5, 0.6) is 0 Å². The topological polar surface area (TPSA) is 18.5 Å². The van der Waals surface area contributed by atoms with Crippen LogP contribution < -0.4 is 5.32 Å². The maximum atomic E-state index is 3.46. The molecule has 3 rings (SSSR count). The van der Waals surface area contributed by atoms with Gasteiger partial charge >= 0.3 is 0 Å². The van der Waals surface area contributed by atoms with Gasteiger partial charge in [0.1, 0.15) is 0 Å². The number of hydrogen-bond acceptors (Lipinski definition) is 3. The van der Waals surface area contributed by atoms with Gasteiger partial charge in [-0.1, -0.05) is 63.9 Å². The van der Waals surface area contributed by atoms with Gasteiger partial charge in [0.2, 0.25) is 0 Å². The molecule has 0 bridgehead atoms. The van der Waals surface area contributed by atoms with Gasteiger partial charge in [-0.25, -0.2) is 0 Å². The van der Waals surface area contributed by atoms with Gasteiger partial charge in [-0.15, -0.1) is 0 Å². The molecular formula is C25H43N3. The fourth-order valence-corrected chi connectivity index (χ4v) is 5.36. The van der Waals surface area contributed by atoms with E-state index >= 15 is 0 Å². The summed E-state index contributed by atoms with van der Waals surface area (Å²) in [5.74, 6) is 2.60. The van der Waals surface area contributed by atoms with Crippen LogP contribution in [0, 0.1) is 17.8 Å². The zero-order valence-electron chi connectivity index (χ0n) is 18.7. The second-order valence-corrected chi connectivity index (χ2v) is 9.83. The maximum absolute atomic E-state index is 3.46. The molecule has 3 heteroatoms. The van der Waals surface area contributed by atoms with Crippen molar-refractivity contribution in [2.45, 2.75) is 65.0 Å². The van der Waals surface area contributed by atoms with Crippen molar-refractivity contribution in [1.29, 1.82) is 0 Å². The molecule has 0 amide bonds. The summed E-state index contributed by atoms with van der Waals surface area (Å²) in [4.78, 5) is 5.62. The van der Waals surface area contributed by atoms with Crippen LogP contribution in [0.25, 0.3) is 0 Å². The smallest absolute Gasteiger partial charge is 0.0262 e. The summed E-state index contributed by atoms with van der Waals surface area (Å²) in [6.07, 6.45) is 6.93. The molecule has 1 saturated heterocycles. The van der Waals surface area contributed by atoms with Crippen molar-refractivity contribution in [2.75, 3.05) is 39.8 Å². The highest BCUT2D eigenvalue weighted by Crippen LogP contribution is 2.30. The molecule has 1 aromatic carbocycles. The summed E-state index contributed by atoms with van der Waals surface area (Å²) in [7, 11) is 2.10. The standard InChI is InChI=1S/C25H43N3/c1-20(2)25-19-27(24(17-26-4)16-22-8-6-5-7-9-22)14-15-28(25)18-23-12-10-21(3)11-13-23/h5-9,20-21,23-26H,10-19H2,1-4H3/t21?,23?,24-,25+/m1/s1. The molecule has 1 aliphatic carbocycles. The highest BCUT2D eigenvalue weighted by molar-refractivity contribution is 5.16. The molecule has 1 aromatic rings. The van der Waals surface area contributed by atoms with E-state index in [-0.39, 0.29) is 0 Å². The summed E-state index contributed by atoms with van der Waals surface area (Å²) in [6.45, 7) is 13.4. The van der Waals surface area contributed by atoms with Gasteiger partial charge in [-0.2, -0.15) is 0 Å². The lowest BCUT2D eigenvalue weighted by atomic mass is 9.82. The predicted molar refractivity (Wildman–Crippen MR) is 121 cm³/mol. The highest BCUT2D eigenvalue weighted by Gasteiger charge is 2.33. The molecule has 3 nitrogen and oxygen atoms in total. The van der Waals surface area contributed by atoms with Crippen molar-refractivity contribution >= 4 is 0 Å². The molecular weight excluding hydrogens is 342 g/mol. The molecule has 2 aliphatic rings. The van der Waals surface area contributed by atoms with Crippen LogP contribution in [0.3, 0.4) is 0 Å². The number of likely N-dealkylation sites (N-methyl/N-ethyl adjacent to an activating group) is 1. The van der Waals surface area contributed by atoms with Gasteiger partial charge in [0, 0.05) is 44.8 Å². The van der Waals surface area contributed by atoms with Crippen molar-refractivity contribution in [2.24, 2.45) is 17.8 Å². The highest BCUT2D eigenvalue weighted by atomic mass is 15.3. The first-order chi connectivity index (χ1) is 13.6. The third-order valence-electron chi connectivity index (χ3n) is 7.23. The lowest BCUT2D eigenvalue weighted by Gasteiger charge is -2.47. The summed E-state index contributed by atoms with van der Waals surface area (Å²) in [6, 6.07) is 12.3. The average molecular weight is 386 g/mol. The Morgan fingerprint density at radius 2 is 1.75 bits per heavy atom. The molecule has 1 heterocycles. The Morgan fingerprint density at radius 3 is 2.39 bits per heavy atom. The van der Waals surface area contributed by atoms with Crippen molar-refractivity contribution < 1.29 is 0 Å². The minimum Gasteiger partial charge on any atom is -0.318 e. The number of benzene rings is 1. The lowest BCUT2D eigenvalue weighted by Crippen LogP contribution is -2.60. The summed E-state index contributed by atoms with van der Waals surface area (Å²) in [5, 5.41) is 3.46. The van der Waals surface area contributed by atoms with E-state index in [4.69, 9.17) is 0 Å². The molecule has 0 unspecified atom stereocenters. The number of nitrogens with one attached hydrogen (secondary N) is 1. The number of nitrogens with zero attached hydrogens (tertiary/aromatic N) is 2. The van der Waals surface area contributed by atoms with Gasteiger partial charge in [-0.05, 0) is 49.6 Å². The summed E-state index contributed by atoms with van der Waals surface area (Å²) in [5.41, 5.74) is 1.46. The van der Waals surface area contributed by atoms with E-state index in [1.807, 2.05) is 0 Å². The number of piperazine rings is 1. The normalized spacial score (nSPS) is 28.5. The minimum absolute atomic E-state index is 0.589. The first-order valence-electron chi connectivity index (χ1n) is 11.7. The molecule has 158 valence electrons. The second kappa shape index (κ2) is 10.8. The lowest BCUT2D eigenvalue weighted by molar-refractivity contribution is 0.0139. The maximum Gasteiger partial charge on any atom is 0.0262 e. The fourth-order valence-electron chi connectivity index (χ4n) is 5.36. The first-order valence-corrected chi connectivity index (χ1v) is 11.7. The van der Waals surface area contributed by atoms with Crippen LogP contribution in [-0.2, 0) is 6.42 Å². The molecule has 0 radical (unpaired) electrons. The van der Waals surface area contributed by atoms with Gasteiger partial charge in [-0.3, -0.25) is 9.80 Å². The molecule has 0 aromatic heterocycles. The van der Waals surface area contributed by atoms with Crippen molar-refractivity contribution in [3.05, 3.63) is 35.9 Å². The Bertz CT molecular complexity index is 550. The molecule has 2 atom stereocenters. The van der Waals surface area contributed by atoms with Crippen molar-refractivity contribution in [3.8, 4) is 0 Å². The zero-order chi connectivity index (χ0) is 19.9. The minimum atomic E-state index is 0.589. The predicted octanol–water partition coefficient (Wildman–Crippen LogP) is 4.29. The van der Waals surface area contributed by atoms with E-state index in [0.29, 0.717) is 12.1 Å². The van der Waals surface area contributed by atoms with Gasteiger partial charge in [0.05, 0.1) is 0 Å². The molecule has 1 saturated carbocycles. The average Bonchev–Trinajstić information content (AvgIpc) is 2.70. The quantitative estimate of drug-likeness (QED) is 0.720. The Hall–Kier alpha value is -0.900. The zero-order valence-corrected chi connectivity index (χ0v) is 18.7. The van der Waals surface area contributed by atoms with Gasteiger partial charge < -0.3 is 5.32 Å². The van der Waals surface area contributed by atoms with Crippen LogP contribution in [0.1, 0.15) is 52.0 Å². The Labute approximate surface area is 173 Å². The van der Waals surface area contributed by atoms with Crippen LogP contribution in [0.2, 0.25) is 0 Å². The van der Waals surface area contributed by atoms with E-state index in [1.165, 1.54) is 57.4 Å². The molecule has 28 heavy (non-hydrogen) atoms. The molecule has 2 fully saturated rings. The van der Waals surface area contributed by atoms with E-state index in [1.54, 1.807) is 0 Å². The Balaban J connectivity index is 1.61. The largest absolute Gasteiger partial charge is 0.318 e. The van der Waals surface area contributed by atoms with Crippen LogP contribution in [-0.4, -0.2) is 61.7 Å². The van der Waals surface area contributed by atoms with E-state index in [9.17, 15) is 0 Å². The number of hydrogen-bond donors (Lipinski definition) is 1. The fraction of sp³-hybridized carbons (Fsp3) is 0.760. The van der Waals surface area contributed by atoms with Crippen LogP contribution >= 0.6 is 0 Å². The third-order valence-corrected chi connectivity index (χ3v) is 7.23. The summed E-state index contributed by atoms with van der Waals surface area (Å²) >= 11 is 0. The van der Waals surface area contributed by atoms with E-state index in [0.717, 1.165) is 30.7 Å². The van der Waals surface area contributed by atoms with Crippen LogP contribution in [0.4, 0.5) is 0 Å². The molecule has 0 spiro atoms. The monoisotopic (exact) mass is 385 g/mol.